The Morgan fingerprint density at radius 1 is 1.06 bits per heavy atom. The van der Waals surface area contributed by atoms with Gasteiger partial charge < -0.3 is 4.90 Å². The van der Waals surface area contributed by atoms with E-state index in [-0.39, 0.29) is 11.3 Å². The van der Waals surface area contributed by atoms with Crippen molar-refractivity contribution in [1.82, 2.24) is 4.90 Å². The van der Waals surface area contributed by atoms with Crippen molar-refractivity contribution >= 4 is 11.7 Å². The number of likely N-dealkylation sites (tertiary alicyclic amines) is 1. The van der Waals surface area contributed by atoms with E-state index in [9.17, 15) is 9.59 Å². The van der Waals surface area contributed by atoms with E-state index in [1.54, 1.807) is 0 Å². The molecule has 18 heavy (non-hydrogen) atoms. The molecule has 1 saturated heterocycles. The summed E-state index contributed by atoms with van der Waals surface area (Å²) in [7, 11) is 0. The first kappa shape index (κ1) is 11.5. The Morgan fingerprint density at radius 2 is 1.67 bits per heavy atom. The van der Waals surface area contributed by atoms with E-state index in [2.05, 4.69) is 0 Å². The molecule has 0 N–H and O–H groups in total. The first-order chi connectivity index (χ1) is 8.69. The zero-order chi connectivity index (χ0) is 12.6. The number of piperidine rings is 1. The molecule has 2 fully saturated rings. The third kappa shape index (κ3) is 1.94. The summed E-state index contributed by atoms with van der Waals surface area (Å²) in [6.45, 7) is 1.59. The maximum Gasteiger partial charge on any atom is 0.253 e. The van der Waals surface area contributed by atoms with Crippen LogP contribution in [-0.2, 0) is 4.79 Å². The molecule has 1 heterocycles. The first-order valence-electron chi connectivity index (χ1n) is 6.55. The van der Waals surface area contributed by atoms with Crippen molar-refractivity contribution in [1.29, 1.82) is 0 Å². The number of carbonyl (C=O) groups is 2. The standard InChI is InChI=1S/C15H17NO2/c17-13-10-15(11-13)6-8-16(9-7-15)14(18)12-4-2-1-3-5-12/h1-5H,6-11H2. The Kier molecular flexibility index (Phi) is 2.69. The van der Waals surface area contributed by atoms with Gasteiger partial charge in [-0.25, -0.2) is 0 Å². The van der Waals surface area contributed by atoms with Gasteiger partial charge in [-0.1, -0.05) is 18.2 Å². The summed E-state index contributed by atoms with van der Waals surface area (Å²) < 4.78 is 0. The van der Waals surface area contributed by atoms with Crippen LogP contribution >= 0.6 is 0 Å². The minimum absolute atomic E-state index is 0.121. The van der Waals surface area contributed by atoms with Gasteiger partial charge in [0.2, 0.25) is 0 Å². The highest BCUT2D eigenvalue weighted by atomic mass is 16.2. The maximum atomic E-state index is 12.2. The number of ketones is 1. The van der Waals surface area contributed by atoms with Crippen molar-refractivity contribution in [2.24, 2.45) is 5.41 Å². The van der Waals surface area contributed by atoms with Crippen molar-refractivity contribution in [3.63, 3.8) is 0 Å². The van der Waals surface area contributed by atoms with Crippen molar-refractivity contribution in [3.8, 4) is 0 Å². The summed E-state index contributed by atoms with van der Waals surface area (Å²) in [5.41, 5.74) is 1.00. The molecule has 0 unspecified atom stereocenters. The minimum Gasteiger partial charge on any atom is -0.339 e. The first-order valence-corrected chi connectivity index (χ1v) is 6.55. The minimum atomic E-state index is 0.121. The van der Waals surface area contributed by atoms with E-state index in [1.165, 1.54) is 0 Å². The van der Waals surface area contributed by atoms with Gasteiger partial charge in [-0.05, 0) is 30.4 Å². The van der Waals surface area contributed by atoms with Gasteiger partial charge in [-0.3, -0.25) is 9.59 Å². The summed E-state index contributed by atoms with van der Waals surface area (Å²) >= 11 is 0. The van der Waals surface area contributed by atoms with E-state index in [0.29, 0.717) is 5.78 Å². The SMILES string of the molecule is O=C1CC2(CCN(C(=O)c3ccccc3)CC2)C1. The Labute approximate surface area is 107 Å². The average Bonchev–Trinajstić information content (AvgIpc) is 2.38. The van der Waals surface area contributed by atoms with E-state index in [0.717, 1.165) is 44.3 Å². The highest BCUT2D eigenvalue weighted by Crippen LogP contribution is 2.46. The lowest BCUT2D eigenvalue weighted by molar-refractivity contribution is -0.135. The molecule has 1 saturated carbocycles. The van der Waals surface area contributed by atoms with Crippen LogP contribution in [0.25, 0.3) is 0 Å². The van der Waals surface area contributed by atoms with Gasteiger partial charge in [0.1, 0.15) is 5.78 Å². The number of benzene rings is 1. The van der Waals surface area contributed by atoms with Gasteiger partial charge in [0.25, 0.3) is 5.91 Å². The van der Waals surface area contributed by atoms with Crippen LogP contribution in [0.15, 0.2) is 30.3 Å². The largest absolute Gasteiger partial charge is 0.339 e. The lowest BCUT2D eigenvalue weighted by Gasteiger charge is -2.46. The number of carbonyl (C=O) groups excluding carboxylic acids is 2. The predicted octanol–water partition coefficient (Wildman–Crippen LogP) is 2.27. The second kappa shape index (κ2) is 4.23. The van der Waals surface area contributed by atoms with Gasteiger partial charge in [-0.15, -0.1) is 0 Å². The fourth-order valence-electron chi connectivity index (χ4n) is 3.09. The van der Waals surface area contributed by atoms with Crippen molar-refractivity contribution in [3.05, 3.63) is 35.9 Å². The number of hydrogen-bond acceptors (Lipinski definition) is 2. The summed E-state index contributed by atoms with van der Waals surface area (Å²) in [5.74, 6) is 0.508. The van der Waals surface area contributed by atoms with Crippen molar-refractivity contribution in [2.45, 2.75) is 25.7 Å². The average molecular weight is 243 g/mol. The second-order valence-electron chi connectivity index (χ2n) is 5.55. The predicted molar refractivity (Wildman–Crippen MR) is 68.3 cm³/mol. The van der Waals surface area contributed by atoms with Gasteiger partial charge in [-0.2, -0.15) is 0 Å². The van der Waals surface area contributed by atoms with E-state index >= 15 is 0 Å². The van der Waals surface area contributed by atoms with Crippen LogP contribution in [0.5, 0.6) is 0 Å². The molecule has 94 valence electrons. The Balaban J connectivity index is 1.63. The van der Waals surface area contributed by atoms with E-state index in [4.69, 9.17) is 0 Å². The quantitative estimate of drug-likeness (QED) is 0.758. The van der Waals surface area contributed by atoms with E-state index in [1.807, 2.05) is 35.2 Å². The lowest BCUT2D eigenvalue weighted by atomic mass is 9.62. The molecule has 0 radical (unpaired) electrons. The number of hydrogen-bond donors (Lipinski definition) is 0. The fourth-order valence-corrected chi connectivity index (χ4v) is 3.09. The normalized spacial score (nSPS) is 21.8. The fraction of sp³-hybridized carbons (Fsp3) is 0.467. The number of amides is 1. The summed E-state index contributed by atoms with van der Waals surface area (Å²) in [6.07, 6.45) is 3.44. The zero-order valence-corrected chi connectivity index (χ0v) is 10.4. The molecule has 3 heteroatoms. The van der Waals surface area contributed by atoms with Crippen molar-refractivity contribution < 1.29 is 9.59 Å². The van der Waals surface area contributed by atoms with Gasteiger partial charge in [0.15, 0.2) is 0 Å². The topological polar surface area (TPSA) is 37.4 Å². The third-order valence-electron chi connectivity index (χ3n) is 4.28. The maximum absolute atomic E-state index is 12.2. The molecule has 1 aliphatic carbocycles. The summed E-state index contributed by atoms with van der Waals surface area (Å²) in [5, 5.41) is 0. The summed E-state index contributed by atoms with van der Waals surface area (Å²) in [6, 6.07) is 9.42. The molecule has 3 rings (SSSR count). The van der Waals surface area contributed by atoms with Crippen LogP contribution < -0.4 is 0 Å². The van der Waals surface area contributed by atoms with Gasteiger partial charge in [0.05, 0.1) is 0 Å². The number of nitrogens with zero attached hydrogens (tertiary/aromatic N) is 1. The Hall–Kier alpha value is -1.64. The van der Waals surface area contributed by atoms with Crippen molar-refractivity contribution in [2.75, 3.05) is 13.1 Å². The Morgan fingerprint density at radius 3 is 2.22 bits per heavy atom. The molecule has 1 aromatic carbocycles. The van der Waals surface area contributed by atoms with Crippen LogP contribution in [0, 0.1) is 5.41 Å². The van der Waals surface area contributed by atoms with Crippen LogP contribution in [0.3, 0.4) is 0 Å². The molecule has 3 nitrogen and oxygen atoms in total. The Bertz CT molecular complexity index is 463. The highest BCUT2D eigenvalue weighted by molar-refractivity contribution is 5.94. The molecular weight excluding hydrogens is 226 g/mol. The smallest absolute Gasteiger partial charge is 0.253 e. The lowest BCUT2D eigenvalue weighted by Crippen LogP contribution is -2.48. The molecule has 2 aliphatic rings. The van der Waals surface area contributed by atoms with Gasteiger partial charge >= 0.3 is 0 Å². The molecule has 1 aromatic rings. The highest BCUT2D eigenvalue weighted by Gasteiger charge is 2.45. The summed E-state index contributed by atoms with van der Waals surface area (Å²) in [4.78, 5) is 25.3. The second-order valence-corrected chi connectivity index (χ2v) is 5.55. The molecule has 1 amide bonds. The zero-order valence-electron chi connectivity index (χ0n) is 10.4. The molecule has 0 atom stereocenters. The van der Waals surface area contributed by atoms with Crippen LogP contribution in [0.2, 0.25) is 0 Å². The molecule has 0 aromatic heterocycles. The monoisotopic (exact) mass is 243 g/mol. The molecule has 0 bridgehead atoms. The number of Topliss-reactive ketones (excluding diaryl/α,β-unsaturated/α-hetero) is 1. The third-order valence-corrected chi connectivity index (χ3v) is 4.28. The van der Waals surface area contributed by atoms with Crippen LogP contribution in [0.4, 0.5) is 0 Å². The molecule has 1 spiro atoms. The molecule has 1 aliphatic heterocycles. The van der Waals surface area contributed by atoms with Crippen LogP contribution in [-0.4, -0.2) is 29.7 Å². The molecular formula is C15H17NO2. The number of rotatable bonds is 1. The van der Waals surface area contributed by atoms with E-state index < -0.39 is 0 Å². The van der Waals surface area contributed by atoms with Gasteiger partial charge in [0, 0.05) is 31.5 Å². The van der Waals surface area contributed by atoms with Crippen LogP contribution in [0.1, 0.15) is 36.0 Å².